The van der Waals surface area contributed by atoms with Gasteiger partial charge in [0.25, 0.3) is 5.91 Å². The van der Waals surface area contributed by atoms with Gasteiger partial charge in [-0.2, -0.15) is 0 Å². The number of nitrogens with zero attached hydrogens (tertiary/aromatic N) is 3. The van der Waals surface area contributed by atoms with Crippen molar-refractivity contribution in [2.75, 3.05) is 45.1 Å². The molecule has 2 aliphatic heterocycles. The fourth-order valence-electron chi connectivity index (χ4n) is 3.25. The molecule has 0 atom stereocenters. The van der Waals surface area contributed by atoms with E-state index in [1.807, 2.05) is 18.2 Å². The lowest BCUT2D eigenvalue weighted by atomic mass is 10.1. The summed E-state index contributed by atoms with van der Waals surface area (Å²) in [6, 6.07) is 7.30. The number of carbonyl (C=O) groups is 4. The first-order valence-corrected chi connectivity index (χ1v) is 8.68. The van der Waals surface area contributed by atoms with Crippen molar-refractivity contribution < 1.29 is 19.2 Å². The highest BCUT2D eigenvalue weighted by Gasteiger charge is 2.33. The molecule has 0 saturated carbocycles. The first-order chi connectivity index (χ1) is 12.5. The fraction of sp³-hybridized carbons (Fsp3) is 0.444. The molecule has 2 heterocycles. The molecule has 1 aromatic rings. The molecule has 0 spiro atoms. The predicted octanol–water partition coefficient (Wildman–Crippen LogP) is 0.162. The summed E-state index contributed by atoms with van der Waals surface area (Å²) in [7, 11) is 1.77. The van der Waals surface area contributed by atoms with Gasteiger partial charge in [-0.15, -0.1) is 0 Å². The summed E-state index contributed by atoms with van der Waals surface area (Å²) in [6.45, 7) is 1.42. The summed E-state index contributed by atoms with van der Waals surface area (Å²) in [6.07, 6.45) is 0.360. The minimum atomic E-state index is -0.291. The van der Waals surface area contributed by atoms with Crippen molar-refractivity contribution in [1.82, 2.24) is 14.7 Å². The van der Waals surface area contributed by atoms with Crippen LogP contribution < -0.4 is 5.32 Å². The van der Waals surface area contributed by atoms with Crippen LogP contribution in [0.4, 0.5) is 5.69 Å². The second-order valence-corrected chi connectivity index (χ2v) is 6.34. The van der Waals surface area contributed by atoms with Crippen molar-refractivity contribution in [3.05, 3.63) is 29.8 Å². The average molecular weight is 358 g/mol. The highest BCUT2D eigenvalue weighted by molar-refractivity contribution is 6.04. The van der Waals surface area contributed by atoms with Crippen LogP contribution in [0.3, 0.4) is 0 Å². The largest absolute Gasteiger partial charge is 0.387 e. The Kier molecular flexibility index (Phi) is 5.20. The molecular weight excluding hydrogens is 336 g/mol. The SMILES string of the molecule is CNc1ccccc1C(=O)N1CCN(C(=O)CN2C(=O)CCC2=O)CC1. The minimum absolute atomic E-state index is 0.0769. The highest BCUT2D eigenvalue weighted by atomic mass is 16.2. The Labute approximate surface area is 151 Å². The molecule has 1 N–H and O–H groups in total. The molecule has 3 rings (SSSR count). The molecule has 0 radical (unpaired) electrons. The lowest BCUT2D eigenvalue weighted by Gasteiger charge is -2.35. The van der Waals surface area contributed by atoms with E-state index in [0.29, 0.717) is 31.7 Å². The van der Waals surface area contributed by atoms with Gasteiger partial charge in [0.05, 0.1) is 5.56 Å². The van der Waals surface area contributed by atoms with E-state index in [-0.39, 0.29) is 43.0 Å². The quantitative estimate of drug-likeness (QED) is 0.775. The molecule has 0 aromatic heterocycles. The summed E-state index contributed by atoms with van der Waals surface area (Å²) in [5, 5.41) is 3.01. The van der Waals surface area contributed by atoms with Gasteiger partial charge < -0.3 is 15.1 Å². The van der Waals surface area contributed by atoms with E-state index in [1.165, 1.54) is 0 Å². The number of anilines is 1. The summed E-state index contributed by atoms with van der Waals surface area (Å²) in [4.78, 5) is 52.7. The van der Waals surface area contributed by atoms with Gasteiger partial charge in [0, 0.05) is 51.8 Å². The van der Waals surface area contributed by atoms with Gasteiger partial charge in [-0.1, -0.05) is 12.1 Å². The van der Waals surface area contributed by atoms with Crippen LogP contribution in [-0.2, 0) is 14.4 Å². The van der Waals surface area contributed by atoms with Gasteiger partial charge in [-0.25, -0.2) is 0 Å². The fourth-order valence-corrected chi connectivity index (χ4v) is 3.25. The highest BCUT2D eigenvalue weighted by Crippen LogP contribution is 2.18. The van der Waals surface area contributed by atoms with E-state index >= 15 is 0 Å². The van der Waals surface area contributed by atoms with Crippen LogP contribution in [0.25, 0.3) is 0 Å². The number of imide groups is 1. The number of hydrogen-bond donors (Lipinski definition) is 1. The summed E-state index contributed by atoms with van der Waals surface area (Å²) in [5.74, 6) is -0.912. The maximum Gasteiger partial charge on any atom is 0.256 e. The van der Waals surface area contributed by atoms with Crippen LogP contribution in [0.5, 0.6) is 0 Å². The Hall–Kier alpha value is -2.90. The molecular formula is C18H22N4O4. The van der Waals surface area contributed by atoms with Gasteiger partial charge in [-0.3, -0.25) is 24.1 Å². The number of piperazine rings is 1. The standard InChI is InChI=1S/C18H22N4O4/c1-19-14-5-3-2-4-13(14)18(26)21-10-8-20(9-11-21)17(25)12-22-15(23)6-7-16(22)24/h2-5,19H,6-12H2,1H3. The smallest absolute Gasteiger partial charge is 0.256 e. The molecule has 0 aliphatic carbocycles. The van der Waals surface area contributed by atoms with E-state index in [1.54, 1.807) is 22.9 Å². The number of likely N-dealkylation sites (tertiary alicyclic amines) is 1. The summed E-state index contributed by atoms with van der Waals surface area (Å²) in [5.41, 5.74) is 1.37. The van der Waals surface area contributed by atoms with Crippen molar-refractivity contribution in [2.24, 2.45) is 0 Å². The predicted molar refractivity (Wildman–Crippen MR) is 94.4 cm³/mol. The van der Waals surface area contributed by atoms with Gasteiger partial charge >= 0.3 is 0 Å². The van der Waals surface area contributed by atoms with Crippen LogP contribution in [0.1, 0.15) is 23.2 Å². The first-order valence-electron chi connectivity index (χ1n) is 8.68. The second kappa shape index (κ2) is 7.55. The van der Waals surface area contributed by atoms with Gasteiger partial charge in [0.2, 0.25) is 17.7 Å². The average Bonchev–Trinajstić information content (AvgIpc) is 2.99. The maximum absolute atomic E-state index is 12.7. The van der Waals surface area contributed by atoms with Crippen molar-refractivity contribution in [2.45, 2.75) is 12.8 Å². The molecule has 8 heteroatoms. The molecule has 2 fully saturated rings. The first kappa shape index (κ1) is 17.9. The van der Waals surface area contributed by atoms with Crippen LogP contribution >= 0.6 is 0 Å². The van der Waals surface area contributed by atoms with Gasteiger partial charge in [0.15, 0.2) is 0 Å². The Balaban J connectivity index is 1.57. The zero-order chi connectivity index (χ0) is 18.7. The van der Waals surface area contributed by atoms with E-state index in [4.69, 9.17) is 0 Å². The van der Waals surface area contributed by atoms with Gasteiger partial charge in [0.1, 0.15) is 6.54 Å². The topological polar surface area (TPSA) is 90.0 Å². The molecule has 8 nitrogen and oxygen atoms in total. The number of hydrogen-bond acceptors (Lipinski definition) is 5. The third-order valence-corrected chi connectivity index (χ3v) is 4.79. The number of nitrogens with one attached hydrogen (secondary N) is 1. The van der Waals surface area contributed by atoms with Crippen molar-refractivity contribution >= 4 is 29.3 Å². The molecule has 1 aromatic carbocycles. The van der Waals surface area contributed by atoms with Crippen LogP contribution in [0, 0.1) is 0 Å². The third-order valence-electron chi connectivity index (χ3n) is 4.79. The van der Waals surface area contributed by atoms with Crippen molar-refractivity contribution in [1.29, 1.82) is 0 Å². The second-order valence-electron chi connectivity index (χ2n) is 6.34. The van der Waals surface area contributed by atoms with Crippen molar-refractivity contribution in [3.8, 4) is 0 Å². The van der Waals surface area contributed by atoms with Crippen LogP contribution in [-0.4, -0.2) is 78.1 Å². The van der Waals surface area contributed by atoms with E-state index in [2.05, 4.69) is 5.32 Å². The van der Waals surface area contributed by atoms with Crippen LogP contribution in [0.2, 0.25) is 0 Å². The number of benzene rings is 1. The van der Waals surface area contributed by atoms with Crippen molar-refractivity contribution in [3.63, 3.8) is 0 Å². The number of rotatable bonds is 4. The maximum atomic E-state index is 12.7. The third kappa shape index (κ3) is 3.54. The zero-order valence-electron chi connectivity index (χ0n) is 14.7. The Bertz CT molecular complexity index is 724. The molecule has 2 aliphatic rings. The zero-order valence-corrected chi connectivity index (χ0v) is 14.7. The minimum Gasteiger partial charge on any atom is -0.387 e. The van der Waals surface area contributed by atoms with Gasteiger partial charge in [-0.05, 0) is 12.1 Å². The number of para-hydroxylation sites is 1. The Morgan fingerprint density at radius 1 is 0.962 bits per heavy atom. The monoisotopic (exact) mass is 358 g/mol. The van der Waals surface area contributed by atoms with E-state index in [9.17, 15) is 19.2 Å². The molecule has 2 saturated heterocycles. The van der Waals surface area contributed by atoms with Crippen LogP contribution in [0.15, 0.2) is 24.3 Å². The normalized spacial score (nSPS) is 17.7. The molecule has 26 heavy (non-hydrogen) atoms. The molecule has 0 bridgehead atoms. The Morgan fingerprint density at radius 3 is 2.15 bits per heavy atom. The lowest BCUT2D eigenvalue weighted by molar-refractivity contribution is -0.146. The van der Waals surface area contributed by atoms with E-state index in [0.717, 1.165) is 10.6 Å². The van der Waals surface area contributed by atoms with E-state index < -0.39 is 0 Å². The Morgan fingerprint density at radius 2 is 1.54 bits per heavy atom. The molecule has 0 unspecified atom stereocenters. The summed E-state index contributed by atoms with van der Waals surface area (Å²) < 4.78 is 0. The molecule has 4 amide bonds. The number of amides is 4. The number of carbonyl (C=O) groups excluding carboxylic acids is 4. The molecule has 138 valence electrons. The lowest BCUT2D eigenvalue weighted by Crippen LogP contribution is -2.53. The summed E-state index contributed by atoms with van der Waals surface area (Å²) >= 11 is 0.